The molecule has 1 heterocycles. The Balaban J connectivity index is 2.36. The van der Waals surface area contributed by atoms with Crippen molar-refractivity contribution in [3.8, 4) is 0 Å². The zero-order valence-corrected chi connectivity index (χ0v) is 12.8. The number of hydrogen-bond acceptors (Lipinski definition) is 2. The maximum absolute atomic E-state index is 11.8. The van der Waals surface area contributed by atoms with E-state index >= 15 is 0 Å². The molecule has 0 radical (unpaired) electrons. The van der Waals surface area contributed by atoms with Crippen LogP contribution in [0, 0.1) is 0 Å². The highest BCUT2D eigenvalue weighted by Crippen LogP contribution is 2.27. The van der Waals surface area contributed by atoms with Gasteiger partial charge in [-0.15, -0.1) is 0 Å². The summed E-state index contributed by atoms with van der Waals surface area (Å²) >= 11 is 3.42. The Hall–Kier alpha value is -0.940. The molecule has 0 saturated heterocycles. The maximum atomic E-state index is 11.8. The molecule has 0 aliphatic heterocycles. The Bertz CT molecular complexity index is 625. The summed E-state index contributed by atoms with van der Waals surface area (Å²) in [4.78, 5) is 0. The van der Waals surface area contributed by atoms with Crippen LogP contribution in [0.3, 0.4) is 0 Å². The summed E-state index contributed by atoms with van der Waals surface area (Å²) in [6, 6.07) is 5.80. The van der Waals surface area contributed by atoms with Crippen LogP contribution in [0.5, 0.6) is 0 Å². The minimum atomic E-state index is -1.25. The quantitative estimate of drug-likeness (QED) is 0.780. The van der Waals surface area contributed by atoms with E-state index in [4.69, 9.17) is 4.42 Å². The Kier molecular flexibility index (Phi) is 3.73. The minimum absolute atomic E-state index is 0.351. The fraction of sp³-hybridized carbons (Fsp3) is 0.308. The van der Waals surface area contributed by atoms with E-state index < -0.39 is 11.0 Å². The molecule has 0 spiro atoms. The second-order valence-corrected chi connectivity index (χ2v) is 7.69. The third-order valence-electron chi connectivity index (χ3n) is 2.39. The highest BCUT2D eigenvalue weighted by atomic mass is 79.9. The van der Waals surface area contributed by atoms with Gasteiger partial charge in [0.15, 0.2) is 0 Å². The monoisotopic (exact) mass is 327 g/mol. The average molecular weight is 328 g/mol. The van der Waals surface area contributed by atoms with Gasteiger partial charge >= 0.3 is 0 Å². The van der Waals surface area contributed by atoms with Gasteiger partial charge in [0.1, 0.15) is 22.8 Å². The van der Waals surface area contributed by atoms with Crippen LogP contribution in [0.15, 0.2) is 37.7 Å². The molecule has 5 heteroatoms. The summed E-state index contributed by atoms with van der Waals surface area (Å²) in [5, 5.41) is 0.957. The van der Waals surface area contributed by atoms with Crippen molar-refractivity contribution in [2.24, 2.45) is 4.40 Å². The molecule has 1 aromatic carbocycles. The lowest BCUT2D eigenvalue weighted by molar-refractivity contribution is 0.613. The maximum Gasteiger partial charge on any atom is 0.148 e. The zero-order valence-electron chi connectivity index (χ0n) is 10.4. The molecule has 1 aromatic heterocycles. The summed E-state index contributed by atoms with van der Waals surface area (Å²) in [5.74, 6) is 0. The van der Waals surface area contributed by atoms with Crippen LogP contribution in [-0.4, -0.2) is 15.2 Å². The topological polar surface area (TPSA) is 42.6 Å². The molecule has 1 unspecified atom stereocenters. The van der Waals surface area contributed by atoms with E-state index in [2.05, 4.69) is 20.3 Å². The van der Waals surface area contributed by atoms with Crippen molar-refractivity contribution in [3.05, 3.63) is 34.5 Å². The summed E-state index contributed by atoms with van der Waals surface area (Å²) < 4.78 is 21.9. The van der Waals surface area contributed by atoms with Gasteiger partial charge in [-0.05, 0) is 42.8 Å². The van der Waals surface area contributed by atoms with Gasteiger partial charge in [-0.25, -0.2) is 4.21 Å². The van der Waals surface area contributed by atoms with Crippen molar-refractivity contribution >= 4 is 44.1 Å². The third kappa shape index (κ3) is 2.72. The first-order chi connectivity index (χ1) is 8.39. The van der Waals surface area contributed by atoms with Crippen molar-refractivity contribution in [1.29, 1.82) is 0 Å². The number of nitrogens with zero attached hydrogens (tertiary/aromatic N) is 1. The Morgan fingerprint density at radius 2 is 2.11 bits per heavy atom. The molecular weight excluding hydrogens is 314 g/mol. The van der Waals surface area contributed by atoms with E-state index in [9.17, 15) is 4.21 Å². The van der Waals surface area contributed by atoms with E-state index in [0.29, 0.717) is 0 Å². The Labute approximate surface area is 117 Å². The van der Waals surface area contributed by atoms with Crippen molar-refractivity contribution in [2.75, 3.05) is 0 Å². The van der Waals surface area contributed by atoms with Gasteiger partial charge in [-0.1, -0.05) is 12.1 Å². The molecule has 0 aliphatic rings. The molecule has 1 atom stereocenters. The SMILES string of the molecule is CC(C)(C)S(=O)N=Cc1coc2c(Br)cccc12. The molecule has 0 saturated carbocycles. The number of furan rings is 1. The number of rotatable bonds is 2. The number of para-hydroxylation sites is 1. The van der Waals surface area contributed by atoms with Gasteiger partial charge in [-0.2, -0.15) is 4.40 Å². The van der Waals surface area contributed by atoms with Gasteiger partial charge in [0, 0.05) is 17.2 Å². The lowest BCUT2D eigenvalue weighted by atomic mass is 10.2. The van der Waals surface area contributed by atoms with E-state index in [1.807, 2.05) is 39.0 Å². The molecule has 0 N–H and O–H groups in total. The molecule has 3 nitrogen and oxygen atoms in total. The first-order valence-corrected chi connectivity index (χ1v) is 7.41. The van der Waals surface area contributed by atoms with Crippen LogP contribution >= 0.6 is 15.9 Å². The van der Waals surface area contributed by atoms with Crippen molar-refractivity contribution in [1.82, 2.24) is 0 Å². The second kappa shape index (κ2) is 4.97. The van der Waals surface area contributed by atoms with E-state index in [0.717, 1.165) is 21.0 Å². The number of benzene rings is 1. The molecule has 2 aromatic rings. The van der Waals surface area contributed by atoms with Gasteiger partial charge < -0.3 is 4.42 Å². The van der Waals surface area contributed by atoms with Crippen LogP contribution in [-0.2, 0) is 11.0 Å². The first-order valence-electron chi connectivity index (χ1n) is 5.51. The number of fused-ring (bicyclic) bond motifs is 1. The van der Waals surface area contributed by atoms with Crippen molar-refractivity contribution < 1.29 is 8.63 Å². The fourth-order valence-electron chi connectivity index (χ4n) is 1.40. The second-order valence-electron chi connectivity index (χ2n) is 4.90. The molecule has 0 amide bonds. The van der Waals surface area contributed by atoms with Gasteiger partial charge in [0.2, 0.25) is 0 Å². The normalized spacial score (nSPS) is 14.4. The lowest BCUT2D eigenvalue weighted by Gasteiger charge is -2.12. The summed E-state index contributed by atoms with van der Waals surface area (Å²) in [5.41, 5.74) is 1.62. The van der Waals surface area contributed by atoms with E-state index in [1.54, 1.807) is 12.5 Å². The van der Waals surface area contributed by atoms with Crippen molar-refractivity contribution in [2.45, 2.75) is 25.5 Å². The number of hydrogen-bond donors (Lipinski definition) is 0. The largest absolute Gasteiger partial charge is 0.462 e. The predicted octanol–water partition coefficient (Wildman–Crippen LogP) is 4.08. The fourth-order valence-corrected chi connectivity index (χ4v) is 2.39. The predicted molar refractivity (Wildman–Crippen MR) is 79.4 cm³/mol. The van der Waals surface area contributed by atoms with Crippen LogP contribution in [0.25, 0.3) is 11.0 Å². The van der Waals surface area contributed by atoms with Crippen LogP contribution < -0.4 is 0 Å². The molecule has 96 valence electrons. The molecule has 0 bridgehead atoms. The molecular formula is C13H14BrNO2S. The minimum Gasteiger partial charge on any atom is -0.462 e. The summed E-state index contributed by atoms with van der Waals surface area (Å²) in [6.45, 7) is 5.68. The first kappa shape index (κ1) is 13.5. The average Bonchev–Trinajstić information content (AvgIpc) is 2.69. The highest BCUT2D eigenvalue weighted by Gasteiger charge is 2.18. The standard InChI is InChI=1S/C13H14BrNO2S/c1-13(2,3)18(16)15-7-9-8-17-12-10(9)5-4-6-11(12)14/h4-8H,1-3H3. The van der Waals surface area contributed by atoms with E-state index in [-0.39, 0.29) is 4.75 Å². The van der Waals surface area contributed by atoms with Crippen LogP contribution in [0.1, 0.15) is 26.3 Å². The Morgan fingerprint density at radius 3 is 2.78 bits per heavy atom. The Morgan fingerprint density at radius 1 is 1.39 bits per heavy atom. The summed E-state index contributed by atoms with van der Waals surface area (Å²) in [7, 11) is -1.25. The van der Waals surface area contributed by atoms with E-state index in [1.165, 1.54) is 0 Å². The molecule has 2 rings (SSSR count). The van der Waals surface area contributed by atoms with Crippen molar-refractivity contribution in [3.63, 3.8) is 0 Å². The highest BCUT2D eigenvalue weighted by molar-refractivity contribution is 9.10. The van der Waals surface area contributed by atoms with Gasteiger partial charge in [0.05, 0.1) is 9.22 Å². The molecule has 0 fully saturated rings. The third-order valence-corrected chi connectivity index (χ3v) is 4.36. The number of halogens is 1. The van der Waals surface area contributed by atoms with Gasteiger partial charge in [0.25, 0.3) is 0 Å². The van der Waals surface area contributed by atoms with Gasteiger partial charge in [-0.3, -0.25) is 0 Å². The van der Waals surface area contributed by atoms with Crippen LogP contribution in [0.2, 0.25) is 0 Å². The molecule has 18 heavy (non-hydrogen) atoms. The smallest absolute Gasteiger partial charge is 0.148 e. The molecule has 0 aliphatic carbocycles. The lowest BCUT2D eigenvalue weighted by Crippen LogP contribution is -2.19. The summed E-state index contributed by atoms with van der Waals surface area (Å²) in [6.07, 6.45) is 3.23. The van der Waals surface area contributed by atoms with Crippen LogP contribution in [0.4, 0.5) is 0 Å². The zero-order chi connectivity index (χ0) is 13.3.